The number of benzene rings is 1. The lowest BCUT2D eigenvalue weighted by Gasteiger charge is -2.17. The number of rotatable bonds is 5. The summed E-state index contributed by atoms with van der Waals surface area (Å²) >= 11 is 0. The van der Waals surface area contributed by atoms with Gasteiger partial charge in [-0.1, -0.05) is 36.8 Å². The molecule has 1 unspecified atom stereocenters. The second-order valence-corrected chi connectivity index (χ2v) is 5.82. The van der Waals surface area contributed by atoms with Gasteiger partial charge in [-0.15, -0.1) is 0 Å². The van der Waals surface area contributed by atoms with E-state index in [1.54, 1.807) is 13.0 Å². The zero-order valence-corrected chi connectivity index (χ0v) is 13.0. The van der Waals surface area contributed by atoms with Crippen LogP contribution in [0.25, 0.3) is 0 Å². The van der Waals surface area contributed by atoms with E-state index in [9.17, 15) is 18.0 Å². The molecule has 0 saturated carbocycles. The summed E-state index contributed by atoms with van der Waals surface area (Å²) in [6.07, 6.45) is -1.23. The third-order valence-electron chi connectivity index (χ3n) is 3.95. The van der Waals surface area contributed by atoms with E-state index in [0.717, 1.165) is 31.6 Å². The van der Waals surface area contributed by atoms with E-state index >= 15 is 0 Å². The number of halogens is 3. The molecule has 1 heterocycles. The summed E-state index contributed by atoms with van der Waals surface area (Å²) in [5, 5.41) is 6.03. The predicted molar refractivity (Wildman–Crippen MR) is 83.1 cm³/mol. The molecule has 0 spiro atoms. The van der Waals surface area contributed by atoms with Crippen molar-refractivity contribution in [2.24, 2.45) is 0 Å². The highest BCUT2D eigenvalue weighted by Gasteiger charge is 2.30. The monoisotopic (exact) mass is 326 g/mol. The Morgan fingerprint density at radius 3 is 2.83 bits per heavy atom. The molecular formula is C17H21F3N2O. The highest BCUT2D eigenvalue weighted by atomic mass is 19.4. The first-order valence-corrected chi connectivity index (χ1v) is 7.68. The Kier molecular flexibility index (Phi) is 5.82. The minimum absolute atomic E-state index is 0.144. The summed E-state index contributed by atoms with van der Waals surface area (Å²) in [6, 6.07) is 5.17. The molecule has 0 bridgehead atoms. The SMILES string of the molecule is CC(CC(=O)NCC1=CCNCC1)c1cccc(C(F)(F)F)c1. The standard InChI is InChI=1S/C17H21F3N2O/c1-12(14-3-2-4-15(10-14)17(18,19)20)9-16(23)22-11-13-5-7-21-8-6-13/h2-5,10,12,21H,6-9,11H2,1H3,(H,22,23). The molecule has 1 atom stereocenters. The van der Waals surface area contributed by atoms with Gasteiger partial charge < -0.3 is 10.6 Å². The van der Waals surface area contributed by atoms with Crippen LogP contribution in [0.1, 0.15) is 36.8 Å². The molecule has 6 heteroatoms. The quantitative estimate of drug-likeness (QED) is 0.816. The van der Waals surface area contributed by atoms with Crippen LogP contribution in [0.3, 0.4) is 0 Å². The Morgan fingerprint density at radius 1 is 1.39 bits per heavy atom. The second kappa shape index (κ2) is 7.64. The average Bonchev–Trinajstić information content (AvgIpc) is 2.53. The molecule has 1 aromatic carbocycles. The number of hydrogen-bond donors (Lipinski definition) is 2. The van der Waals surface area contributed by atoms with E-state index in [1.807, 2.05) is 0 Å². The maximum Gasteiger partial charge on any atom is 0.416 e. The molecule has 0 radical (unpaired) electrons. The van der Waals surface area contributed by atoms with Crippen LogP contribution >= 0.6 is 0 Å². The average molecular weight is 326 g/mol. The Labute approximate surface area is 134 Å². The first-order valence-electron chi connectivity index (χ1n) is 7.68. The third-order valence-corrected chi connectivity index (χ3v) is 3.95. The van der Waals surface area contributed by atoms with E-state index in [4.69, 9.17) is 0 Å². The number of carbonyl (C=O) groups excluding carboxylic acids is 1. The van der Waals surface area contributed by atoms with Gasteiger partial charge in [-0.25, -0.2) is 0 Å². The molecule has 1 aliphatic rings. The van der Waals surface area contributed by atoms with Crippen molar-refractivity contribution in [1.82, 2.24) is 10.6 Å². The molecule has 126 valence electrons. The number of hydrogen-bond acceptors (Lipinski definition) is 2. The minimum Gasteiger partial charge on any atom is -0.352 e. The van der Waals surface area contributed by atoms with Crippen molar-refractivity contribution < 1.29 is 18.0 Å². The first-order chi connectivity index (χ1) is 10.9. The van der Waals surface area contributed by atoms with Crippen molar-refractivity contribution in [3.05, 3.63) is 47.0 Å². The van der Waals surface area contributed by atoms with E-state index in [-0.39, 0.29) is 18.2 Å². The van der Waals surface area contributed by atoms with Gasteiger partial charge in [0.15, 0.2) is 0 Å². The Hall–Kier alpha value is -1.82. The summed E-state index contributed by atoms with van der Waals surface area (Å²) in [5.74, 6) is -0.409. The second-order valence-electron chi connectivity index (χ2n) is 5.82. The summed E-state index contributed by atoms with van der Waals surface area (Å²) in [6.45, 7) is 3.99. The zero-order chi connectivity index (χ0) is 16.9. The molecule has 1 amide bonds. The lowest BCUT2D eigenvalue weighted by atomic mass is 9.95. The van der Waals surface area contributed by atoms with Crippen LogP contribution in [0.2, 0.25) is 0 Å². The number of carbonyl (C=O) groups is 1. The lowest BCUT2D eigenvalue weighted by Crippen LogP contribution is -2.30. The van der Waals surface area contributed by atoms with Crippen molar-refractivity contribution in [3.63, 3.8) is 0 Å². The van der Waals surface area contributed by atoms with Crippen molar-refractivity contribution in [2.45, 2.75) is 31.9 Å². The number of amides is 1. The minimum atomic E-state index is -4.36. The van der Waals surface area contributed by atoms with Crippen molar-refractivity contribution in [1.29, 1.82) is 0 Å². The summed E-state index contributed by atoms with van der Waals surface area (Å²) in [7, 11) is 0. The largest absolute Gasteiger partial charge is 0.416 e. The fraction of sp³-hybridized carbons (Fsp3) is 0.471. The summed E-state index contributed by atoms with van der Waals surface area (Å²) in [4.78, 5) is 12.0. The molecule has 0 fully saturated rings. The number of nitrogens with one attached hydrogen (secondary N) is 2. The number of alkyl halides is 3. The molecule has 23 heavy (non-hydrogen) atoms. The molecule has 1 aliphatic heterocycles. The molecule has 0 saturated heterocycles. The van der Waals surface area contributed by atoms with E-state index in [2.05, 4.69) is 16.7 Å². The van der Waals surface area contributed by atoms with Crippen LogP contribution in [0.5, 0.6) is 0 Å². The van der Waals surface area contributed by atoms with Gasteiger partial charge in [0.2, 0.25) is 5.91 Å². The molecule has 0 aliphatic carbocycles. The van der Waals surface area contributed by atoms with Gasteiger partial charge >= 0.3 is 6.18 Å². The topological polar surface area (TPSA) is 41.1 Å². The smallest absolute Gasteiger partial charge is 0.352 e. The first kappa shape index (κ1) is 17.5. The lowest BCUT2D eigenvalue weighted by molar-refractivity contribution is -0.137. The van der Waals surface area contributed by atoms with Crippen molar-refractivity contribution >= 4 is 5.91 Å². The highest BCUT2D eigenvalue weighted by molar-refractivity contribution is 5.77. The van der Waals surface area contributed by atoms with Gasteiger partial charge in [0, 0.05) is 19.5 Å². The van der Waals surface area contributed by atoms with E-state index in [1.165, 1.54) is 11.6 Å². The van der Waals surface area contributed by atoms with Gasteiger partial charge in [-0.3, -0.25) is 4.79 Å². The van der Waals surface area contributed by atoms with Crippen LogP contribution in [-0.2, 0) is 11.0 Å². The van der Waals surface area contributed by atoms with Gasteiger partial charge in [-0.2, -0.15) is 13.2 Å². The van der Waals surface area contributed by atoms with Crippen LogP contribution < -0.4 is 10.6 Å². The van der Waals surface area contributed by atoms with Crippen LogP contribution in [0.4, 0.5) is 13.2 Å². The Bertz CT molecular complexity index is 581. The van der Waals surface area contributed by atoms with E-state index in [0.29, 0.717) is 12.1 Å². The van der Waals surface area contributed by atoms with Crippen molar-refractivity contribution in [3.8, 4) is 0 Å². The predicted octanol–water partition coefficient (Wildman–Crippen LogP) is 3.23. The maximum atomic E-state index is 12.7. The molecular weight excluding hydrogens is 305 g/mol. The van der Waals surface area contributed by atoms with Gasteiger partial charge in [-0.05, 0) is 30.5 Å². The molecule has 0 aromatic heterocycles. The van der Waals surface area contributed by atoms with Gasteiger partial charge in [0.1, 0.15) is 0 Å². The summed E-state index contributed by atoms with van der Waals surface area (Å²) < 4.78 is 38.2. The molecule has 3 nitrogen and oxygen atoms in total. The van der Waals surface area contributed by atoms with Gasteiger partial charge in [0.05, 0.1) is 5.56 Å². The Morgan fingerprint density at radius 2 is 2.17 bits per heavy atom. The molecule has 1 aromatic rings. The van der Waals surface area contributed by atoms with Crippen LogP contribution in [-0.4, -0.2) is 25.5 Å². The normalized spacial score (nSPS) is 16.6. The molecule has 2 rings (SSSR count). The van der Waals surface area contributed by atoms with Crippen LogP contribution in [0, 0.1) is 0 Å². The van der Waals surface area contributed by atoms with Gasteiger partial charge in [0.25, 0.3) is 0 Å². The molecule has 2 N–H and O–H groups in total. The highest BCUT2D eigenvalue weighted by Crippen LogP contribution is 2.31. The van der Waals surface area contributed by atoms with Crippen LogP contribution in [0.15, 0.2) is 35.9 Å². The fourth-order valence-corrected chi connectivity index (χ4v) is 2.53. The van der Waals surface area contributed by atoms with Crippen molar-refractivity contribution in [2.75, 3.05) is 19.6 Å². The summed E-state index contributed by atoms with van der Waals surface area (Å²) in [5.41, 5.74) is 1.03. The maximum absolute atomic E-state index is 12.7. The zero-order valence-electron chi connectivity index (χ0n) is 13.0. The van der Waals surface area contributed by atoms with E-state index < -0.39 is 11.7 Å². The fourth-order valence-electron chi connectivity index (χ4n) is 2.53. The Balaban J connectivity index is 1.89. The third kappa shape index (κ3) is 5.39.